The number of unbranched alkanes of at least 4 members (excludes halogenated alkanes) is 4. The number of ether oxygens (including phenoxy) is 1. The number of nitrogens with zero attached hydrogens (tertiary/aromatic N) is 1. The molecule has 0 spiro atoms. The zero-order chi connectivity index (χ0) is 26.9. The van der Waals surface area contributed by atoms with Crippen LogP contribution in [0, 0.1) is 5.92 Å². The number of fused-ring (bicyclic) bond motifs is 1. The maximum absolute atomic E-state index is 13.1. The second kappa shape index (κ2) is 13.0. The number of imide groups is 2. The zero-order valence-electron chi connectivity index (χ0n) is 21.3. The molecule has 0 bridgehead atoms. The average molecular weight is 515 g/mol. The molecule has 0 aromatic heterocycles. The number of hydrogen-bond donors (Lipinski definition) is 3. The molecule has 2 heterocycles. The van der Waals surface area contributed by atoms with Crippen molar-refractivity contribution in [2.24, 2.45) is 5.92 Å². The van der Waals surface area contributed by atoms with E-state index in [2.05, 4.69) is 16.0 Å². The Morgan fingerprint density at radius 1 is 1.05 bits per heavy atom. The molecule has 11 nitrogen and oxygen atoms in total. The van der Waals surface area contributed by atoms with Gasteiger partial charge in [-0.05, 0) is 37.3 Å². The van der Waals surface area contributed by atoms with Gasteiger partial charge < -0.3 is 15.4 Å². The predicted octanol–water partition coefficient (Wildman–Crippen LogP) is 2.75. The molecule has 3 N–H and O–H groups in total. The number of carbonyl (C=O) groups is 6. The van der Waals surface area contributed by atoms with Crippen molar-refractivity contribution in [3.05, 3.63) is 29.3 Å². The van der Waals surface area contributed by atoms with Crippen molar-refractivity contribution in [2.45, 2.75) is 71.3 Å². The maximum atomic E-state index is 13.1. The van der Waals surface area contributed by atoms with Crippen LogP contribution in [0.15, 0.2) is 18.2 Å². The van der Waals surface area contributed by atoms with Gasteiger partial charge >= 0.3 is 6.09 Å². The fourth-order valence-corrected chi connectivity index (χ4v) is 4.26. The SMILES string of the molecule is CC(C)COC(=O)NCCCCCCCC(=O)Nc1cccc2c1C(=O)N(C1CCC(=O)NC1=O)C2=O. The van der Waals surface area contributed by atoms with E-state index in [1.165, 1.54) is 6.07 Å². The largest absolute Gasteiger partial charge is 0.449 e. The Labute approximate surface area is 215 Å². The molecule has 200 valence electrons. The van der Waals surface area contributed by atoms with E-state index >= 15 is 0 Å². The summed E-state index contributed by atoms with van der Waals surface area (Å²) < 4.78 is 5.04. The lowest BCUT2D eigenvalue weighted by Crippen LogP contribution is -2.54. The Kier molecular flexibility index (Phi) is 9.76. The lowest BCUT2D eigenvalue weighted by atomic mass is 10.0. The van der Waals surface area contributed by atoms with Crippen molar-refractivity contribution in [3.8, 4) is 0 Å². The minimum atomic E-state index is -1.06. The number of nitrogens with one attached hydrogen (secondary N) is 3. The van der Waals surface area contributed by atoms with Crippen LogP contribution in [0.25, 0.3) is 0 Å². The summed E-state index contributed by atoms with van der Waals surface area (Å²) in [5.74, 6) is -2.38. The smallest absolute Gasteiger partial charge is 0.407 e. The lowest BCUT2D eigenvalue weighted by molar-refractivity contribution is -0.136. The van der Waals surface area contributed by atoms with Crippen LogP contribution in [-0.4, -0.2) is 59.7 Å². The second-order valence-corrected chi connectivity index (χ2v) is 9.66. The number of carbonyl (C=O) groups excluding carboxylic acids is 6. The van der Waals surface area contributed by atoms with Crippen LogP contribution in [0.1, 0.15) is 85.9 Å². The molecular weight excluding hydrogens is 480 g/mol. The number of amides is 6. The molecule has 37 heavy (non-hydrogen) atoms. The standard InChI is InChI=1S/C26H34N4O7/c1-16(2)15-37-26(36)27-14-7-5-3-4-6-11-20(31)28-18-10-8-9-17-22(18)25(35)30(24(17)34)19-12-13-21(32)29-23(19)33/h8-10,16,19H,3-7,11-15H2,1-2H3,(H,27,36)(H,28,31)(H,29,32,33). The third kappa shape index (κ3) is 7.37. The highest BCUT2D eigenvalue weighted by molar-refractivity contribution is 6.26. The summed E-state index contributed by atoms with van der Waals surface area (Å²) in [4.78, 5) is 74.5. The number of hydrogen-bond acceptors (Lipinski definition) is 7. The Bertz CT molecular complexity index is 1070. The Balaban J connectivity index is 1.42. The number of rotatable bonds is 12. The minimum absolute atomic E-state index is 0.0365. The molecule has 2 aliphatic rings. The van der Waals surface area contributed by atoms with E-state index in [0.717, 1.165) is 30.6 Å². The van der Waals surface area contributed by atoms with Gasteiger partial charge in [0.1, 0.15) is 6.04 Å². The second-order valence-electron chi connectivity index (χ2n) is 9.66. The highest BCUT2D eigenvalue weighted by atomic mass is 16.5. The van der Waals surface area contributed by atoms with Crippen molar-refractivity contribution in [1.29, 1.82) is 0 Å². The monoisotopic (exact) mass is 514 g/mol. The van der Waals surface area contributed by atoms with Gasteiger partial charge in [-0.25, -0.2) is 4.79 Å². The first-order valence-corrected chi connectivity index (χ1v) is 12.7. The van der Waals surface area contributed by atoms with Crippen molar-refractivity contribution in [1.82, 2.24) is 15.5 Å². The van der Waals surface area contributed by atoms with Crippen LogP contribution in [0.2, 0.25) is 0 Å². The molecule has 2 aliphatic heterocycles. The Hall–Kier alpha value is -3.76. The van der Waals surface area contributed by atoms with Gasteiger partial charge in [0.15, 0.2) is 0 Å². The summed E-state index contributed by atoms with van der Waals surface area (Å²) in [6, 6.07) is 3.54. The van der Waals surface area contributed by atoms with E-state index in [-0.39, 0.29) is 42.0 Å². The Morgan fingerprint density at radius 3 is 2.51 bits per heavy atom. The molecule has 1 saturated heterocycles. The summed E-state index contributed by atoms with van der Waals surface area (Å²) in [6.07, 6.45) is 4.07. The van der Waals surface area contributed by atoms with Crippen molar-refractivity contribution in [2.75, 3.05) is 18.5 Å². The van der Waals surface area contributed by atoms with E-state index in [0.29, 0.717) is 25.5 Å². The van der Waals surface area contributed by atoms with Crippen LogP contribution >= 0.6 is 0 Å². The number of alkyl carbamates (subject to hydrolysis) is 1. The van der Waals surface area contributed by atoms with Crippen LogP contribution in [0.3, 0.4) is 0 Å². The first-order chi connectivity index (χ1) is 17.7. The fraction of sp³-hybridized carbons (Fsp3) is 0.538. The van der Waals surface area contributed by atoms with Gasteiger partial charge in [0.05, 0.1) is 23.4 Å². The van der Waals surface area contributed by atoms with E-state index < -0.39 is 35.8 Å². The van der Waals surface area contributed by atoms with Crippen LogP contribution in [0.4, 0.5) is 10.5 Å². The number of anilines is 1. The van der Waals surface area contributed by atoms with Crippen LogP contribution < -0.4 is 16.0 Å². The summed E-state index contributed by atoms with van der Waals surface area (Å²) in [5, 5.41) is 7.60. The minimum Gasteiger partial charge on any atom is -0.449 e. The summed E-state index contributed by atoms with van der Waals surface area (Å²) >= 11 is 0. The summed E-state index contributed by atoms with van der Waals surface area (Å²) in [5.41, 5.74) is 0.408. The Morgan fingerprint density at radius 2 is 1.78 bits per heavy atom. The zero-order valence-corrected chi connectivity index (χ0v) is 21.3. The third-order valence-corrected chi connectivity index (χ3v) is 6.14. The van der Waals surface area contributed by atoms with Gasteiger partial charge in [-0.3, -0.25) is 34.2 Å². The van der Waals surface area contributed by atoms with Crippen molar-refractivity contribution < 1.29 is 33.5 Å². The van der Waals surface area contributed by atoms with Crippen molar-refractivity contribution >= 4 is 41.3 Å². The molecule has 0 saturated carbocycles. The highest BCUT2D eigenvalue weighted by Gasteiger charge is 2.45. The van der Waals surface area contributed by atoms with Gasteiger partial charge in [-0.15, -0.1) is 0 Å². The molecule has 0 aliphatic carbocycles. The molecule has 6 amide bonds. The van der Waals surface area contributed by atoms with Crippen molar-refractivity contribution in [3.63, 3.8) is 0 Å². The third-order valence-electron chi connectivity index (χ3n) is 6.14. The summed E-state index contributed by atoms with van der Waals surface area (Å²) in [6.45, 7) is 4.87. The topological polar surface area (TPSA) is 151 Å². The lowest BCUT2D eigenvalue weighted by Gasteiger charge is -2.27. The van der Waals surface area contributed by atoms with E-state index in [1.54, 1.807) is 12.1 Å². The molecular formula is C26H34N4O7. The molecule has 11 heteroatoms. The molecule has 1 atom stereocenters. The van der Waals surface area contributed by atoms with E-state index in [4.69, 9.17) is 4.74 Å². The van der Waals surface area contributed by atoms with Gasteiger partial charge in [0.2, 0.25) is 17.7 Å². The van der Waals surface area contributed by atoms with Gasteiger partial charge in [-0.1, -0.05) is 39.2 Å². The van der Waals surface area contributed by atoms with Gasteiger partial charge in [0, 0.05) is 19.4 Å². The maximum Gasteiger partial charge on any atom is 0.407 e. The van der Waals surface area contributed by atoms with E-state index in [1.807, 2.05) is 13.8 Å². The molecule has 1 fully saturated rings. The number of benzene rings is 1. The highest BCUT2D eigenvalue weighted by Crippen LogP contribution is 2.32. The molecule has 1 unspecified atom stereocenters. The van der Waals surface area contributed by atoms with Gasteiger partial charge in [0.25, 0.3) is 11.8 Å². The molecule has 1 aromatic carbocycles. The molecule has 1 aromatic rings. The summed E-state index contributed by atoms with van der Waals surface area (Å²) in [7, 11) is 0. The first kappa shape index (κ1) is 27.8. The first-order valence-electron chi connectivity index (χ1n) is 12.7. The fourth-order valence-electron chi connectivity index (χ4n) is 4.26. The van der Waals surface area contributed by atoms with Gasteiger partial charge in [-0.2, -0.15) is 0 Å². The predicted molar refractivity (Wildman–Crippen MR) is 134 cm³/mol. The number of piperidine rings is 1. The molecule has 0 radical (unpaired) electrons. The average Bonchev–Trinajstić information content (AvgIpc) is 3.10. The van der Waals surface area contributed by atoms with E-state index in [9.17, 15) is 28.8 Å². The van der Waals surface area contributed by atoms with Crippen LogP contribution in [-0.2, 0) is 19.1 Å². The quantitative estimate of drug-likeness (QED) is 0.287. The van der Waals surface area contributed by atoms with Crippen LogP contribution in [0.5, 0.6) is 0 Å². The normalized spacial score (nSPS) is 17.1. The molecule has 3 rings (SSSR count).